The Morgan fingerprint density at radius 3 is 2.89 bits per heavy atom. The molecule has 2 aromatic rings. The van der Waals surface area contributed by atoms with Crippen LogP contribution in [0.1, 0.15) is 12.6 Å². The van der Waals surface area contributed by atoms with E-state index in [-0.39, 0.29) is 0 Å². The van der Waals surface area contributed by atoms with Gasteiger partial charge in [0.25, 0.3) is 0 Å². The summed E-state index contributed by atoms with van der Waals surface area (Å²) in [7, 11) is 0. The van der Waals surface area contributed by atoms with Crippen molar-refractivity contribution >= 4 is 11.0 Å². The largest absolute Gasteiger partial charge is 0.376 e. The van der Waals surface area contributed by atoms with Crippen LogP contribution in [0.25, 0.3) is 11.0 Å². The molecule has 0 aliphatic carbocycles. The van der Waals surface area contributed by atoms with Gasteiger partial charge < -0.3 is 10.1 Å². The van der Waals surface area contributed by atoms with Crippen LogP contribution < -0.4 is 5.32 Å². The van der Waals surface area contributed by atoms with E-state index in [0.717, 1.165) is 28.8 Å². The Kier molecular flexibility index (Phi) is 5.01. The molecule has 0 saturated carbocycles. The zero-order valence-corrected chi connectivity index (χ0v) is 11.2. The van der Waals surface area contributed by atoms with E-state index in [1.54, 1.807) is 0 Å². The van der Waals surface area contributed by atoms with Crippen LogP contribution in [0, 0.1) is 0 Å². The summed E-state index contributed by atoms with van der Waals surface area (Å²) in [5, 5.41) is 3.28. The van der Waals surface area contributed by atoms with Gasteiger partial charge in [0.1, 0.15) is 0 Å². The highest BCUT2D eigenvalue weighted by molar-refractivity contribution is 5.73. The predicted molar refractivity (Wildman–Crippen MR) is 76.9 cm³/mol. The fraction of sp³-hybridized carbons (Fsp3) is 0.333. The van der Waals surface area contributed by atoms with Gasteiger partial charge in [0.2, 0.25) is 0 Å². The first-order valence-electron chi connectivity index (χ1n) is 6.39. The quantitative estimate of drug-likeness (QED) is 0.611. The summed E-state index contributed by atoms with van der Waals surface area (Å²) in [6.45, 7) is 8.54. The third kappa shape index (κ3) is 4.43. The van der Waals surface area contributed by atoms with Gasteiger partial charge in [-0.1, -0.05) is 24.3 Å². The zero-order chi connectivity index (χ0) is 13.5. The zero-order valence-electron chi connectivity index (χ0n) is 11.2. The molecule has 0 fully saturated rings. The lowest BCUT2D eigenvalue weighted by Gasteiger charge is -2.06. The monoisotopic (exact) mass is 257 g/mol. The molecule has 0 aliphatic heterocycles. The summed E-state index contributed by atoms with van der Waals surface area (Å²) >= 11 is 0. The Bertz CT molecular complexity index is 554. The van der Waals surface area contributed by atoms with Crippen molar-refractivity contribution in [2.24, 2.45) is 0 Å². The van der Waals surface area contributed by atoms with E-state index in [9.17, 15) is 0 Å². The number of nitrogens with one attached hydrogen (secondary N) is 1. The van der Waals surface area contributed by atoms with E-state index in [1.807, 2.05) is 37.4 Å². The highest BCUT2D eigenvalue weighted by Crippen LogP contribution is 2.07. The molecule has 0 unspecified atom stereocenters. The van der Waals surface area contributed by atoms with Gasteiger partial charge in [0, 0.05) is 13.1 Å². The molecule has 0 radical (unpaired) electrons. The summed E-state index contributed by atoms with van der Waals surface area (Å²) in [6, 6.07) is 7.88. The molecule has 4 heteroatoms. The van der Waals surface area contributed by atoms with Crippen LogP contribution in [-0.2, 0) is 11.3 Å². The molecule has 1 N–H and O–H groups in total. The highest BCUT2D eigenvalue weighted by atomic mass is 16.5. The van der Waals surface area contributed by atoms with Gasteiger partial charge in [0.05, 0.1) is 36.1 Å². The molecule has 0 aliphatic rings. The van der Waals surface area contributed by atoms with Crippen molar-refractivity contribution in [1.29, 1.82) is 0 Å². The molecule has 19 heavy (non-hydrogen) atoms. The van der Waals surface area contributed by atoms with Crippen molar-refractivity contribution in [2.75, 3.05) is 19.8 Å². The van der Waals surface area contributed by atoms with Gasteiger partial charge in [-0.15, -0.1) is 0 Å². The minimum Gasteiger partial charge on any atom is -0.376 e. The van der Waals surface area contributed by atoms with E-state index >= 15 is 0 Å². The van der Waals surface area contributed by atoms with E-state index in [2.05, 4.69) is 21.9 Å². The number of fused-ring (bicyclic) bond motifs is 1. The van der Waals surface area contributed by atoms with E-state index in [4.69, 9.17) is 4.74 Å². The molecule has 1 aromatic heterocycles. The number of aromatic nitrogens is 2. The number of ether oxygens (including phenoxy) is 1. The Hall–Kier alpha value is -1.78. The summed E-state index contributed by atoms with van der Waals surface area (Å²) in [4.78, 5) is 8.92. The highest BCUT2D eigenvalue weighted by Gasteiger charge is 1.98. The lowest BCUT2D eigenvalue weighted by Crippen LogP contribution is -2.20. The Labute approximate surface area is 113 Å². The Morgan fingerprint density at radius 2 is 2.11 bits per heavy atom. The van der Waals surface area contributed by atoms with Crippen molar-refractivity contribution < 1.29 is 4.74 Å². The first-order chi connectivity index (χ1) is 9.25. The smallest absolute Gasteiger partial charge is 0.0890 e. The first kappa shape index (κ1) is 13.6. The number of hydrogen-bond acceptors (Lipinski definition) is 4. The summed E-state index contributed by atoms with van der Waals surface area (Å²) in [5.74, 6) is 0. The molecule has 0 bridgehead atoms. The second kappa shape index (κ2) is 6.97. The maximum atomic E-state index is 5.41. The number of rotatable bonds is 7. The van der Waals surface area contributed by atoms with E-state index in [0.29, 0.717) is 19.8 Å². The van der Waals surface area contributed by atoms with Gasteiger partial charge >= 0.3 is 0 Å². The average Bonchev–Trinajstić information content (AvgIpc) is 2.42. The van der Waals surface area contributed by atoms with Crippen LogP contribution in [0.2, 0.25) is 0 Å². The molecule has 2 rings (SSSR count). The average molecular weight is 257 g/mol. The molecule has 1 aromatic carbocycles. The first-order valence-corrected chi connectivity index (χ1v) is 6.39. The fourth-order valence-corrected chi connectivity index (χ4v) is 1.69. The third-order valence-corrected chi connectivity index (χ3v) is 2.58. The van der Waals surface area contributed by atoms with Crippen molar-refractivity contribution in [3.05, 3.63) is 48.3 Å². The molecule has 4 nitrogen and oxygen atoms in total. The summed E-state index contributed by atoms with van der Waals surface area (Å²) in [5.41, 5.74) is 3.84. The van der Waals surface area contributed by atoms with Crippen molar-refractivity contribution in [3.8, 4) is 0 Å². The third-order valence-electron chi connectivity index (χ3n) is 2.58. The maximum Gasteiger partial charge on any atom is 0.0890 e. The van der Waals surface area contributed by atoms with Crippen LogP contribution in [0.3, 0.4) is 0 Å². The molecular formula is C15H19N3O. The van der Waals surface area contributed by atoms with Crippen LogP contribution >= 0.6 is 0 Å². The minimum absolute atomic E-state index is 0.622. The van der Waals surface area contributed by atoms with Crippen molar-refractivity contribution in [3.63, 3.8) is 0 Å². The summed E-state index contributed by atoms with van der Waals surface area (Å²) in [6.07, 6.45) is 1.81. The molecular weight excluding hydrogens is 238 g/mol. The van der Waals surface area contributed by atoms with Crippen LogP contribution in [0.5, 0.6) is 0 Å². The number of benzene rings is 1. The number of para-hydroxylation sites is 2. The fourth-order valence-electron chi connectivity index (χ4n) is 1.69. The van der Waals surface area contributed by atoms with Gasteiger partial charge in [-0.25, -0.2) is 4.98 Å². The Morgan fingerprint density at radius 1 is 1.32 bits per heavy atom. The van der Waals surface area contributed by atoms with Crippen molar-refractivity contribution in [1.82, 2.24) is 15.3 Å². The minimum atomic E-state index is 0.622. The topological polar surface area (TPSA) is 47.0 Å². The molecule has 0 spiro atoms. The molecule has 0 amide bonds. The van der Waals surface area contributed by atoms with Crippen LogP contribution in [-0.4, -0.2) is 29.7 Å². The second-order valence-electron chi connectivity index (χ2n) is 4.54. The molecule has 1 heterocycles. The standard InChI is InChI=1S/C15H19N3O/c1-12(2)11-19-8-7-16-9-13-10-17-14-5-3-4-6-15(14)18-13/h3-6,10,16H,1,7-9,11H2,2H3. The van der Waals surface area contributed by atoms with Gasteiger partial charge in [-0.05, 0) is 19.1 Å². The van der Waals surface area contributed by atoms with Crippen LogP contribution in [0.15, 0.2) is 42.6 Å². The predicted octanol–water partition coefficient (Wildman–Crippen LogP) is 2.31. The lowest BCUT2D eigenvalue weighted by atomic mass is 10.3. The molecule has 100 valence electrons. The van der Waals surface area contributed by atoms with Gasteiger partial charge in [-0.3, -0.25) is 4.98 Å². The molecule has 0 saturated heterocycles. The second-order valence-corrected chi connectivity index (χ2v) is 4.54. The summed E-state index contributed by atoms with van der Waals surface area (Å²) < 4.78 is 5.41. The Balaban J connectivity index is 1.77. The lowest BCUT2D eigenvalue weighted by molar-refractivity contribution is 0.157. The normalized spacial score (nSPS) is 10.8. The van der Waals surface area contributed by atoms with Gasteiger partial charge in [-0.2, -0.15) is 0 Å². The van der Waals surface area contributed by atoms with E-state index < -0.39 is 0 Å². The van der Waals surface area contributed by atoms with Crippen LogP contribution in [0.4, 0.5) is 0 Å². The van der Waals surface area contributed by atoms with Gasteiger partial charge in [0.15, 0.2) is 0 Å². The maximum absolute atomic E-state index is 5.41. The number of nitrogens with zero attached hydrogens (tertiary/aromatic N) is 2. The molecule has 0 atom stereocenters. The number of hydrogen-bond donors (Lipinski definition) is 1. The van der Waals surface area contributed by atoms with Crippen molar-refractivity contribution in [2.45, 2.75) is 13.5 Å². The van der Waals surface area contributed by atoms with E-state index in [1.165, 1.54) is 0 Å². The SMILES string of the molecule is C=C(C)COCCNCc1cnc2ccccc2n1.